The molecule has 0 aromatic heterocycles. The molecule has 0 saturated carbocycles. The molecule has 0 spiro atoms. The summed E-state index contributed by atoms with van der Waals surface area (Å²) in [5.74, 6) is 0. The second kappa shape index (κ2) is 12.8. The molecule has 2 nitrogen and oxygen atoms in total. The average molecular weight is 382 g/mol. The maximum absolute atomic E-state index is 4.61. The van der Waals surface area contributed by atoms with Crippen molar-refractivity contribution in [2.24, 2.45) is 4.99 Å². The first-order valence-electron chi connectivity index (χ1n) is 8.56. The Morgan fingerprint density at radius 3 is 2.00 bits per heavy atom. The topological polar surface area (TPSA) is 15.6 Å². The van der Waals surface area contributed by atoms with Gasteiger partial charge in [0.25, 0.3) is 0 Å². The number of hydrogen-bond donors (Lipinski definition) is 0. The Hall–Kier alpha value is 0.0801. The summed E-state index contributed by atoms with van der Waals surface area (Å²) in [6.45, 7) is 15.8. The van der Waals surface area contributed by atoms with Gasteiger partial charge in [-0.3, -0.25) is 0 Å². The molecular weight excluding hydrogens is 347 g/mol. The Bertz CT molecular complexity index is 291. The molecule has 20 heavy (non-hydrogen) atoms. The van der Waals surface area contributed by atoms with E-state index in [2.05, 4.69) is 55.5 Å². The van der Waals surface area contributed by atoms with Crippen molar-refractivity contribution < 1.29 is 0 Å². The molecule has 0 rings (SSSR count). The van der Waals surface area contributed by atoms with E-state index >= 15 is 0 Å². The van der Waals surface area contributed by atoms with Crippen LogP contribution in [0.5, 0.6) is 0 Å². The van der Waals surface area contributed by atoms with Gasteiger partial charge in [-0.15, -0.1) is 0 Å². The van der Waals surface area contributed by atoms with Crippen molar-refractivity contribution >= 4 is 27.4 Å². The van der Waals surface area contributed by atoms with E-state index in [1.54, 1.807) is 0 Å². The van der Waals surface area contributed by atoms with Gasteiger partial charge in [-0.1, -0.05) is 0 Å². The zero-order chi connectivity index (χ0) is 15.4. The molecule has 0 radical (unpaired) electrons. The molecule has 0 aromatic carbocycles. The SMILES string of the molecule is CCCN=C(C)/C=C(/C)[N](CCC)[In]([CH2]CC)[CH2]CC. The van der Waals surface area contributed by atoms with Crippen LogP contribution in [0.1, 0.15) is 67.2 Å². The van der Waals surface area contributed by atoms with E-state index in [0.717, 1.165) is 13.0 Å². The summed E-state index contributed by atoms with van der Waals surface area (Å²) in [5.41, 5.74) is 2.68. The second-order valence-electron chi connectivity index (χ2n) is 5.73. The third kappa shape index (κ3) is 8.39. The standard InChI is InChI=1S/C11H21N2.2C3H7.In/c1-5-7-12-10(3)9-11(4)13-8-6-2;2*1-3-2;/h9H,5-8H2,1-4H3;2*1,3H2,2H3;/q-1;;;+1/b10-9-,13-11?;;;. The molecule has 0 heterocycles. The zero-order valence-electron chi connectivity index (χ0n) is 14.7. The summed E-state index contributed by atoms with van der Waals surface area (Å²) in [6.07, 6.45) is 7.43. The van der Waals surface area contributed by atoms with Gasteiger partial charge in [-0.2, -0.15) is 0 Å². The first kappa shape index (κ1) is 20.1. The van der Waals surface area contributed by atoms with Crippen molar-refractivity contribution in [1.29, 1.82) is 0 Å². The molecule has 0 atom stereocenters. The zero-order valence-corrected chi connectivity index (χ0v) is 18.0. The van der Waals surface area contributed by atoms with Gasteiger partial charge in [-0.05, 0) is 0 Å². The van der Waals surface area contributed by atoms with Crippen molar-refractivity contribution in [3.05, 3.63) is 11.8 Å². The molecule has 0 N–H and O–H groups in total. The van der Waals surface area contributed by atoms with Crippen LogP contribution in [-0.2, 0) is 0 Å². The van der Waals surface area contributed by atoms with Crippen LogP contribution in [-0.4, -0.2) is 43.4 Å². The van der Waals surface area contributed by atoms with Crippen LogP contribution in [0.25, 0.3) is 0 Å². The van der Waals surface area contributed by atoms with Crippen molar-refractivity contribution in [2.75, 3.05) is 13.1 Å². The summed E-state index contributed by atoms with van der Waals surface area (Å²) in [5, 5.41) is 0. The predicted molar refractivity (Wildman–Crippen MR) is 95.0 cm³/mol. The fraction of sp³-hybridized carbons (Fsp3) is 0.824. The molecular formula is C17H35InN2. The molecule has 116 valence electrons. The Morgan fingerprint density at radius 2 is 1.55 bits per heavy atom. The van der Waals surface area contributed by atoms with Crippen LogP contribution in [0, 0.1) is 0 Å². The van der Waals surface area contributed by atoms with E-state index in [9.17, 15) is 0 Å². The van der Waals surface area contributed by atoms with Crippen LogP contribution in [0.3, 0.4) is 0 Å². The molecule has 0 aliphatic carbocycles. The Kier molecular flexibility index (Phi) is 12.8. The monoisotopic (exact) mass is 382 g/mol. The molecule has 0 aromatic rings. The van der Waals surface area contributed by atoms with Crippen LogP contribution in [0.4, 0.5) is 0 Å². The fourth-order valence-corrected chi connectivity index (χ4v) is 12.8. The van der Waals surface area contributed by atoms with Gasteiger partial charge in [-0.25, -0.2) is 0 Å². The predicted octanol–water partition coefficient (Wildman–Crippen LogP) is 5.28. The summed E-state index contributed by atoms with van der Waals surface area (Å²) >= 11 is -1.57. The van der Waals surface area contributed by atoms with E-state index in [0.29, 0.717) is 0 Å². The third-order valence-electron chi connectivity index (χ3n) is 3.60. The number of hydrogen-bond acceptors (Lipinski definition) is 2. The van der Waals surface area contributed by atoms with Gasteiger partial charge in [0, 0.05) is 0 Å². The van der Waals surface area contributed by atoms with Gasteiger partial charge < -0.3 is 0 Å². The van der Waals surface area contributed by atoms with Gasteiger partial charge in [0.2, 0.25) is 0 Å². The van der Waals surface area contributed by atoms with Crippen LogP contribution in [0.2, 0.25) is 8.35 Å². The molecule has 0 bridgehead atoms. The van der Waals surface area contributed by atoms with Crippen molar-refractivity contribution in [3.63, 3.8) is 0 Å². The summed E-state index contributed by atoms with van der Waals surface area (Å²) < 4.78 is 5.83. The minimum atomic E-state index is -1.57. The van der Waals surface area contributed by atoms with Gasteiger partial charge in [0.05, 0.1) is 0 Å². The van der Waals surface area contributed by atoms with Gasteiger partial charge >= 0.3 is 136 Å². The fourth-order valence-electron chi connectivity index (χ4n) is 2.73. The summed E-state index contributed by atoms with van der Waals surface area (Å²) in [4.78, 5) is 4.61. The first-order chi connectivity index (χ1) is 9.60. The molecule has 0 aliphatic rings. The second-order valence-corrected chi connectivity index (χ2v) is 14.5. The van der Waals surface area contributed by atoms with E-state index in [1.807, 2.05) is 0 Å². The number of nitrogens with zero attached hydrogens (tertiary/aromatic N) is 2. The molecule has 3 heteroatoms. The number of rotatable bonds is 11. The molecule has 0 unspecified atom stereocenters. The number of aliphatic imine (C=N–C) groups is 1. The first-order valence-corrected chi connectivity index (χ1v) is 14.7. The minimum absolute atomic E-state index is 0.958. The van der Waals surface area contributed by atoms with Crippen LogP contribution in [0.15, 0.2) is 16.8 Å². The van der Waals surface area contributed by atoms with E-state index in [4.69, 9.17) is 0 Å². The maximum atomic E-state index is 4.61. The Balaban J connectivity index is 4.97. The summed E-state index contributed by atoms with van der Waals surface area (Å²) in [7, 11) is 0. The van der Waals surface area contributed by atoms with Gasteiger partial charge in [0.15, 0.2) is 0 Å². The van der Waals surface area contributed by atoms with E-state index in [1.165, 1.54) is 45.6 Å². The number of allylic oxidation sites excluding steroid dienone is 2. The normalized spacial score (nSPS) is 12.7. The molecule has 0 fully saturated rings. The van der Waals surface area contributed by atoms with Crippen molar-refractivity contribution in [3.8, 4) is 0 Å². The summed E-state index contributed by atoms with van der Waals surface area (Å²) in [6, 6.07) is 0. The quantitative estimate of drug-likeness (QED) is 0.444. The van der Waals surface area contributed by atoms with Crippen LogP contribution < -0.4 is 0 Å². The van der Waals surface area contributed by atoms with Crippen LogP contribution >= 0.6 is 0 Å². The average Bonchev–Trinajstić information content (AvgIpc) is 2.42. The Morgan fingerprint density at radius 1 is 0.950 bits per heavy atom. The van der Waals surface area contributed by atoms with Crippen molar-refractivity contribution in [2.45, 2.75) is 75.6 Å². The molecule has 0 aliphatic heterocycles. The molecule has 0 amide bonds. The van der Waals surface area contributed by atoms with Gasteiger partial charge in [0.1, 0.15) is 0 Å². The molecule has 0 saturated heterocycles. The van der Waals surface area contributed by atoms with Crippen molar-refractivity contribution in [1.82, 2.24) is 2.89 Å². The Labute approximate surface area is 135 Å². The van der Waals surface area contributed by atoms with E-state index < -0.39 is 21.7 Å². The third-order valence-corrected chi connectivity index (χ3v) is 15.1. The van der Waals surface area contributed by atoms with E-state index in [-0.39, 0.29) is 0 Å².